The molecule has 14 heteroatoms. The molecule has 1 amide bonds. The van der Waals surface area contributed by atoms with Gasteiger partial charge in [-0.1, -0.05) is 41.6 Å². The third-order valence-corrected chi connectivity index (χ3v) is 10.5. The van der Waals surface area contributed by atoms with E-state index < -0.39 is 71.6 Å². The maximum Gasteiger partial charge on any atom is 0.417 e. The third kappa shape index (κ3) is 6.14. The number of benzene rings is 2. The van der Waals surface area contributed by atoms with E-state index >= 15 is 0 Å². The first kappa shape index (κ1) is 33.4. The number of hydrogen-bond donors (Lipinski definition) is 2. The topological polar surface area (TPSA) is 99.7 Å². The summed E-state index contributed by atoms with van der Waals surface area (Å²) in [5.41, 5.74) is -2.22. The highest BCUT2D eigenvalue weighted by atomic mass is 19.4. The lowest BCUT2D eigenvalue weighted by atomic mass is 9.53. The van der Waals surface area contributed by atoms with Crippen LogP contribution in [-0.4, -0.2) is 51.0 Å². The Hall–Kier alpha value is -3.52. The van der Waals surface area contributed by atoms with E-state index in [0.29, 0.717) is 62.3 Å². The normalized spacial score (nSPS) is 28.3. The summed E-state index contributed by atoms with van der Waals surface area (Å²) in [6.07, 6.45) is -7.85. The van der Waals surface area contributed by atoms with Gasteiger partial charge in [-0.2, -0.15) is 26.9 Å². The minimum atomic E-state index is -4.87. The Bertz CT molecular complexity index is 1590. The Morgan fingerprint density at radius 3 is 2.13 bits per heavy atom. The Morgan fingerprint density at radius 1 is 0.979 bits per heavy atom. The molecular weight excluding hydrogens is 635 g/mol. The van der Waals surface area contributed by atoms with Crippen molar-refractivity contribution in [3.63, 3.8) is 0 Å². The average molecular weight is 670 g/mol. The summed E-state index contributed by atoms with van der Waals surface area (Å²) < 4.78 is 98.8. The molecule has 1 aromatic heterocycles. The van der Waals surface area contributed by atoms with Gasteiger partial charge in [0, 0.05) is 30.5 Å². The number of rotatable bonds is 9. The van der Waals surface area contributed by atoms with Gasteiger partial charge in [-0.15, -0.1) is 0 Å². The average Bonchev–Trinajstić information content (AvgIpc) is 3.54. The molecule has 1 atom stereocenters. The van der Waals surface area contributed by atoms with E-state index in [9.17, 15) is 45.7 Å². The monoisotopic (exact) mass is 669 g/mol. The lowest BCUT2D eigenvalue weighted by Crippen LogP contribution is -2.60. The van der Waals surface area contributed by atoms with Crippen LogP contribution in [0.4, 0.5) is 36.4 Å². The minimum absolute atomic E-state index is 0.0315. The molecule has 3 aromatic rings. The number of carbonyl (C=O) groups is 1. The first-order valence-electron chi connectivity index (χ1n) is 15.4. The molecule has 4 aliphatic rings. The SMILES string of the molecule is CC(F)(F)c1nc(C23CCC(CN(C(=O)C4CC(O)(C(F)(F)F)C4)c4cccc(-c5ccc(C(O)C(F)F)cc5)c4)(CC2)CC3)no1. The summed E-state index contributed by atoms with van der Waals surface area (Å²) in [6.45, 7) is 0.871. The van der Waals surface area contributed by atoms with Gasteiger partial charge < -0.3 is 19.6 Å². The fourth-order valence-electron chi connectivity index (χ4n) is 7.34. The van der Waals surface area contributed by atoms with Crippen molar-refractivity contribution in [1.82, 2.24) is 10.1 Å². The molecule has 2 N–H and O–H groups in total. The van der Waals surface area contributed by atoms with Gasteiger partial charge in [0.05, 0.1) is 0 Å². The Kier molecular flexibility index (Phi) is 8.22. The molecular formula is C33H34F7N3O4. The Labute approximate surface area is 265 Å². The standard InChI is InChI=1S/C33H34F7N3O4/c1-29(36,37)28-41-27(42-47-28)31-12-9-30(10-13-31,11-14-31)18-43(26(45)22-16-32(46,17-22)33(38,39)40)23-4-2-3-21(15-23)19-5-7-20(8-6-19)24(44)25(34)35/h2-8,15,22,24-25,44,46H,9-14,16-18H2,1H3. The summed E-state index contributed by atoms with van der Waals surface area (Å²) in [5, 5.41) is 23.7. The predicted octanol–water partition coefficient (Wildman–Crippen LogP) is 7.48. The molecule has 4 saturated carbocycles. The fraction of sp³-hybridized carbons (Fsp3) is 0.545. The second-order valence-electron chi connectivity index (χ2n) is 13.6. The number of carbonyl (C=O) groups excluding carboxylic acids is 1. The van der Waals surface area contributed by atoms with Gasteiger partial charge in [0.15, 0.2) is 11.4 Å². The van der Waals surface area contributed by atoms with Gasteiger partial charge >= 0.3 is 12.1 Å². The lowest BCUT2D eigenvalue weighted by Gasteiger charge is -2.54. The number of fused-ring (bicyclic) bond motifs is 3. The van der Waals surface area contributed by atoms with Gasteiger partial charge in [0.25, 0.3) is 12.3 Å². The maximum atomic E-state index is 13.9. The molecule has 0 radical (unpaired) electrons. The van der Waals surface area contributed by atoms with E-state index in [1.807, 2.05) is 0 Å². The second-order valence-corrected chi connectivity index (χ2v) is 13.6. The number of anilines is 1. The molecule has 47 heavy (non-hydrogen) atoms. The number of amides is 1. The van der Waals surface area contributed by atoms with Gasteiger partial charge in [-0.05, 0) is 85.6 Å². The molecule has 4 fully saturated rings. The smallest absolute Gasteiger partial charge is 0.382 e. The zero-order valence-corrected chi connectivity index (χ0v) is 25.4. The van der Waals surface area contributed by atoms with Crippen molar-refractivity contribution in [1.29, 1.82) is 0 Å². The molecule has 7 nitrogen and oxygen atoms in total. The highest BCUT2D eigenvalue weighted by Gasteiger charge is 2.63. The summed E-state index contributed by atoms with van der Waals surface area (Å²) in [7, 11) is 0. The molecule has 0 spiro atoms. The van der Waals surface area contributed by atoms with E-state index in [-0.39, 0.29) is 17.9 Å². The maximum absolute atomic E-state index is 13.9. The number of halogens is 7. The van der Waals surface area contributed by atoms with Crippen molar-refractivity contribution in [2.24, 2.45) is 11.3 Å². The van der Waals surface area contributed by atoms with Gasteiger partial charge in [-0.25, -0.2) is 8.78 Å². The number of nitrogens with zero attached hydrogens (tertiary/aromatic N) is 3. The zero-order chi connectivity index (χ0) is 34.0. The van der Waals surface area contributed by atoms with Crippen LogP contribution in [0.2, 0.25) is 0 Å². The molecule has 0 aliphatic heterocycles. The molecule has 0 saturated heterocycles. The van der Waals surface area contributed by atoms with Crippen molar-refractivity contribution in [3.8, 4) is 11.1 Å². The van der Waals surface area contributed by atoms with Crippen LogP contribution >= 0.6 is 0 Å². The van der Waals surface area contributed by atoms with Crippen LogP contribution in [0.5, 0.6) is 0 Å². The number of aromatic nitrogens is 2. The molecule has 1 unspecified atom stereocenters. The van der Waals surface area contributed by atoms with Crippen LogP contribution in [0.25, 0.3) is 11.1 Å². The van der Waals surface area contributed by atoms with E-state index in [2.05, 4.69) is 10.1 Å². The van der Waals surface area contributed by atoms with Gasteiger partial charge in [-0.3, -0.25) is 4.79 Å². The fourth-order valence-corrected chi connectivity index (χ4v) is 7.34. The van der Waals surface area contributed by atoms with E-state index in [0.717, 1.165) is 0 Å². The van der Waals surface area contributed by atoms with Gasteiger partial charge in [0.2, 0.25) is 5.91 Å². The van der Waals surface area contributed by atoms with E-state index in [4.69, 9.17) is 4.52 Å². The van der Waals surface area contributed by atoms with Crippen molar-refractivity contribution < 1.29 is 50.3 Å². The summed E-state index contributed by atoms with van der Waals surface area (Å²) in [6, 6.07) is 12.6. The second kappa shape index (κ2) is 11.6. The lowest BCUT2D eigenvalue weighted by molar-refractivity contribution is -0.295. The van der Waals surface area contributed by atoms with Crippen molar-refractivity contribution >= 4 is 11.6 Å². The molecule has 4 aliphatic carbocycles. The van der Waals surface area contributed by atoms with Crippen molar-refractivity contribution in [2.45, 2.75) is 93.9 Å². The largest absolute Gasteiger partial charge is 0.417 e. The first-order valence-corrected chi connectivity index (χ1v) is 15.4. The Morgan fingerprint density at radius 2 is 1.60 bits per heavy atom. The summed E-state index contributed by atoms with van der Waals surface area (Å²) in [4.78, 5) is 19.4. The van der Waals surface area contributed by atoms with Crippen molar-refractivity contribution in [3.05, 3.63) is 65.8 Å². The number of aliphatic hydroxyl groups excluding tert-OH is 1. The van der Waals surface area contributed by atoms with E-state index in [1.54, 1.807) is 36.4 Å². The highest BCUT2D eigenvalue weighted by Crippen LogP contribution is 2.58. The van der Waals surface area contributed by atoms with Crippen molar-refractivity contribution in [2.75, 3.05) is 11.4 Å². The number of hydrogen-bond acceptors (Lipinski definition) is 6. The first-order chi connectivity index (χ1) is 21.9. The molecule has 2 aromatic carbocycles. The number of aliphatic hydroxyl groups is 2. The van der Waals surface area contributed by atoms with Crippen LogP contribution in [0, 0.1) is 11.3 Å². The minimum Gasteiger partial charge on any atom is -0.382 e. The van der Waals surface area contributed by atoms with Crippen LogP contribution in [0.15, 0.2) is 53.1 Å². The molecule has 1 heterocycles. The van der Waals surface area contributed by atoms with E-state index in [1.165, 1.54) is 17.0 Å². The summed E-state index contributed by atoms with van der Waals surface area (Å²) in [5.74, 6) is -5.40. The Balaban J connectivity index is 1.26. The zero-order valence-electron chi connectivity index (χ0n) is 25.4. The van der Waals surface area contributed by atoms with Crippen LogP contribution in [-0.2, 0) is 16.1 Å². The van der Waals surface area contributed by atoms with Crippen LogP contribution in [0.3, 0.4) is 0 Å². The van der Waals surface area contributed by atoms with Crippen LogP contribution in [0.1, 0.15) is 81.7 Å². The third-order valence-electron chi connectivity index (χ3n) is 10.5. The summed E-state index contributed by atoms with van der Waals surface area (Å²) >= 11 is 0. The predicted molar refractivity (Wildman–Crippen MR) is 155 cm³/mol. The highest BCUT2D eigenvalue weighted by molar-refractivity contribution is 5.96. The van der Waals surface area contributed by atoms with Gasteiger partial charge in [0.1, 0.15) is 6.10 Å². The molecule has 254 valence electrons. The molecule has 7 rings (SSSR count). The van der Waals surface area contributed by atoms with Crippen LogP contribution < -0.4 is 4.90 Å². The quantitative estimate of drug-likeness (QED) is 0.229. The molecule has 2 bridgehead atoms. The number of alkyl halides is 7.